The van der Waals surface area contributed by atoms with Gasteiger partial charge in [-0.1, -0.05) is 47.8 Å². The lowest BCUT2D eigenvalue weighted by molar-refractivity contribution is -0.118. The second-order valence-electron chi connectivity index (χ2n) is 5.65. The molecule has 0 unspecified atom stereocenters. The molecule has 0 saturated carbocycles. The second-order valence-corrected chi connectivity index (χ2v) is 7.38. The molecule has 0 saturated heterocycles. The summed E-state index contributed by atoms with van der Waals surface area (Å²) in [5.74, 6) is -0.0885. The monoisotopic (exact) mass is 447 g/mol. The van der Waals surface area contributed by atoms with E-state index < -0.39 is 6.03 Å². The van der Waals surface area contributed by atoms with Crippen molar-refractivity contribution in [1.29, 1.82) is 0 Å². The Bertz CT molecular complexity index is 858. The predicted octanol–water partition coefficient (Wildman–Crippen LogP) is 6.21. The minimum Gasteiger partial charge on any atom is -0.308 e. The first-order valence-electron chi connectivity index (χ1n) is 7.97. The Kier molecular flexibility index (Phi) is 7.62. The lowest BCUT2D eigenvalue weighted by Crippen LogP contribution is -2.29. The Morgan fingerprint density at radius 3 is 2.26 bits per heavy atom. The third-order valence-electron chi connectivity index (χ3n) is 3.71. The zero-order chi connectivity index (χ0) is 20.1. The van der Waals surface area contributed by atoms with Crippen molar-refractivity contribution < 1.29 is 9.59 Å². The van der Waals surface area contributed by atoms with Gasteiger partial charge in [0.05, 0.1) is 27.3 Å². The molecular formula is C18H17Cl4N3O2. The number of benzene rings is 2. The normalized spacial score (nSPS) is 10.4. The first kappa shape index (κ1) is 21.6. The third-order valence-corrected chi connectivity index (χ3v) is 4.92. The maximum absolute atomic E-state index is 12.5. The summed E-state index contributed by atoms with van der Waals surface area (Å²) < 4.78 is 0.876. The van der Waals surface area contributed by atoms with Gasteiger partial charge >= 0.3 is 6.03 Å². The fraction of sp³-hybridized carbons (Fsp3) is 0.222. The highest BCUT2D eigenvalue weighted by Crippen LogP contribution is 2.30. The van der Waals surface area contributed by atoms with E-state index in [9.17, 15) is 9.59 Å². The van der Waals surface area contributed by atoms with Gasteiger partial charge in [-0.2, -0.15) is 0 Å². The van der Waals surface area contributed by atoms with Crippen LogP contribution >= 0.6 is 46.6 Å². The van der Waals surface area contributed by atoms with Gasteiger partial charge in [-0.15, -0.1) is 0 Å². The molecule has 3 amide bonds. The molecule has 0 aliphatic carbocycles. The summed E-state index contributed by atoms with van der Waals surface area (Å²) in [7, 11) is 1.40. The molecule has 144 valence electrons. The van der Waals surface area contributed by atoms with Crippen molar-refractivity contribution in [2.75, 3.05) is 17.3 Å². The molecule has 2 aromatic rings. The number of hydrogen-bond donors (Lipinski definition) is 1. The van der Waals surface area contributed by atoms with Gasteiger partial charge < -0.3 is 10.2 Å². The van der Waals surface area contributed by atoms with Gasteiger partial charge in [0.25, 0.3) is 0 Å². The van der Waals surface area contributed by atoms with Crippen LogP contribution < -0.4 is 10.2 Å². The molecule has 2 aromatic carbocycles. The minimum atomic E-state index is -0.524. The average Bonchev–Trinajstić information content (AvgIpc) is 2.63. The number of amides is 3. The molecule has 0 spiro atoms. The molecule has 0 fully saturated rings. The lowest BCUT2D eigenvalue weighted by Gasteiger charge is -2.23. The molecule has 27 heavy (non-hydrogen) atoms. The van der Waals surface area contributed by atoms with Crippen molar-refractivity contribution in [3.05, 3.63) is 57.0 Å². The Hall–Kier alpha value is -1.66. The van der Waals surface area contributed by atoms with Crippen LogP contribution in [0, 0.1) is 0 Å². The molecule has 0 atom stereocenters. The van der Waals surface area contributed by atoms with Crippen molar-refractivity contribution >= 4 is 69.9 Å². The van der Waals surface area contributed by atoms with Crippen LogP contribution in [0.25, 0.3) is 0 Å². The van der Waals surface area contributed by atoms with Crippen molar-refractivity contribution in [2.45, 2.75) is 19.9 Å². The van der Waals surface area contributed by atoms with Gasteiger partial charge in [0.1, 0.15) is 0 Å². The lowest BCUT2D eigenvalue weighted by atomic mass is 10.1. The Labute approximate surface area is 177 Å². The maximum Gasteiger partial charge on any atom is 0.336 e. The maximum atomic E-state index is 12.5. The molecule has 0 heterocycles. The van der Waals surface area contributed by atoms with Crippen LogP contribution in [-0.2, 0) is 11.3 Å². The van der Waals surface area contributed by atoms with E-state index in [2.05, 4.69) is 5.32 Å². The van der Waals surface area contributed by atoms with Crippen molar-refractivity contribution in [3.8, 4) is 0 Å². The molecule has 0 aromatic heterocycles. The minimum absolute atomic E-state index is 0.0885. The van der Waals surface area contributed by atoms with E-state index in [4.69, 9.17) is 46.6 Å². The fourth-order valence-corrected chi connectivity index (χ4v) is 2.89. The quantitative estimate of drug-likeness (QED) is 0.553. The van der Waals surface area contributed by atoms with E-state index >= 15 is 0 Å². The van der Waals surface area contributed by atoms with E-state index in [1.807, 2.05) is 0 Å². The van der Waals surface area contributed by atoms with Crippen molar-refractivity contribution in [3.63, 3.8) is 0 Å². The van der Waals surface area contributed by atoms with Crippen LogP contribution in [0.4, 0.5) is 16.2 Å². The molecule has 5 nitrogen and oxygen atoms in total. The number of urea groups is 1. The highest BCUT2D eigenvalue weighted by molar-refractivity contribution is 6.42. The highest BCUT2D eigenvalue weighted by atomic mass is 35.5. The van der Waals surface area contributed by atoms with E-state index in [0.29, 0.717) is 34.4 Å². The first-order chi connectivity index (χ1) is 12.7. The van der Waals surface area contributed by atoms with E-state index in [0.717, 1.165) is 9.98 Å². The first-order valence-corrected chi connectivity index (χ1v) is 9.44. The summed E-state index contributed by atoms with van der Waals surface area (Å²) in [5, 5.41) is 3.71. The van der Waals surface area contributed by atoms with Gasteiger partial charge in [0, 0.05) is 30.9 Å². The number of halogens is 4. The second kappa shape index (κ2) is 9.51. The number of anilines is 2. The summed E-state index contributed by atoms with van der Waals surface area (Å²) >= 11 is 23.9. The number of carbonyl (C=O) groups is 2. The van der Waals surface area contributed by atoms with Gasteiger partial charge in [-0.05, 0) is 35.9 Å². The van der Waals surface area contributed by atoms with Crippen molar-refractivity contribution in [2.24, 2.45) is 0 Å². The van der Waals surface area contributed by atoms with E-state index in [1.165, 1.54) is 7.05 Å². The fourth-order valence-electron chi connectivity index (χ4n) is 2.30. The Morgan fingerprint density at radius 2 is 1.70 bits per heavy atom. The molecular weight excluding hydrogens is 432 g/mol. The topological polar surface area (TPSA) is 52.7 Å². The summed E-state index contributed by atoms with van der Waals surface area (Å²) in [5.41, 5.74) is 1.80. The molecule has 0 aliphatic rings. The van der Waals surface area contributed by atoms with Crippen LogP contribution in [0.1, 0.15) is 18.9 Å². The number of carbonyl (C=O) groups excluding carboxylic acids is 2. The van der Waals surface area contributed by atoms with Gasteiger partial charge in [0.2, 0.25) is 5.91 Å². The van der Waals surface area contributed by atoms with Crippen molar-refractivity contribution in [1.82, 2.24) is 4.42 Å². The summed E-state index contributed by atoms with van der Waals surface area (Å²) in [4.78, 5) is 25.7. The van der Waals surface area contributed by atoms with E-state index in [-0.39, 0.29) is 10.9 Å². The van der Waals surface area contributed by atoms with Crippen LogP contribution in [-0.4, -0.2) is 23.4 Å². The Balaban J connectivity index is 2.31. The van der Waals surface area contributed by atoms with E-state index in [1.54, 1.807) is 48.2 Å². The number of nitrogens with one attached hydrogen (secondary N) is 1. The molecule has 2 rings (SSSR count). The predicted molar refractivity (Wildman–Crippen MR) is 112 cm³/mol. The molecule has 0 aliphatic heterocycles. The molecule has 9 heteroatoms. The molecule has 0 radical (unpaired) electrons. The third kappa shape index (κ3) is 5.66. The van der Waals surface area contributed by atoms with Crippen LogP contribution in [0.15, 0.2) is 36.4 Å². The smallest absolute Gasteiger partial charge is 0.308 e. The summed E-state index contributed by atoms with van der Waals surface area (Å²) in [6, 6.07) is 9.59. The number of rotatable bonds is 5. The van der Waals surface area contributed by atoms with Gasteiger partial charge in [-0.3, -0.25) is 4.79 Å². The number of hydrogen-bond acceptors (Lipinski definition) is 2. The van der Waals surface area contributed by atoms with Crippen LogP contribution in [0.2, 0.25) is 15.1 Å². The standard InChI is InChI=1S/C18H17Cl4N3O2/c1-3-17(26)25(10-11-4-6-13(19)14(20)8-11)12-5-7-16(15(21)9-12)23-18(27)24(2)22/h4-9H,3,10H2,1-2H3,(H,23,27). The highest BCUT2D eigenvalue weighted by Gasteiger charge is 2.17. The van der Waals surface area contributed by atoms with Crippen LogP contribution in [0.3, 0.4) is 0 Å². The summed E-state index contributed by atoms with van der Waals surface area (Å²) in [6.45, 7) is 2.08. The molecule has 0 bridgehead atoms. The Morgan fingerprint density at radius 1 is 1.00 bits per heavy atom. The summed E-state index contributed by atoms with van der Waals surface area (Å²) in [6.07, 6.45) is 0.314. The zero-order valence-corrected chi connectivity index (χ0v) is 17.6. The average molecular weight is 449 g/mol. The van der Waals surface area contributed by atoms with Crippen LogP contribution in [0.5, 0.6) is 0 Å². The number of nitrogens with zero attached hydrogens (tertiary/aromatic N) is 2. The molecule has 1 N–H and O–H groups in total. The SMILES string of the molecule is CCC(=O)N(Cc1ccc(Cl)c(Cl)c1)c1ccc(NC(=O)N(C)Cl)c(Cl)c1. The van der Waals surface area contributed by atoms with Gasteiger partial charge in [-0.25, -0.2) is 9.21 Å². The zero-order valence-electron chi connectivity index (χ0n) is 14.6. The van der Waals surface area contributed by atoms with Gasteiger partial charge in [0.15, 0.2) is 0 Å². The largest absolute Gasteiger partial charge is 0.336 e.